The minimum Gasteiger partial charge on any atom is -0.267 e. The fourth-order valence-electron chi connectivity index (χ4n) is 4.92. The third kappa shape index (κ3) is 7.34. The summed E-state index contributed by atoms with van der Waals surface area (Å²) in [6.07, 6.45) is 19.8. The van der Waals surface area contributed by atoms with Crippen LogP contribution in [0.3, 0.4) is 0 Å². The van der Waals surface area contributed by atoms with Crippen molar-refractivity contribution in [3.05, 3.63) is 81.1 Å². The lowest BCUT2D eigenvalue weighted by atomic mass is 9.71. The molecular formula is C29H40N4O. The maximum atomic E-state index is 12.3. The fourth-order valence-corrected chi connectivity index (χ4v) is 4.92. The summed E-state index contributed by atoms with van der Waals surface area (Å²) in [5.74, 6) is 0.299. The van der Waals surface area contributed by atoms with E-state index in [1.807, 2.05) is 0 Å². The van der Waals surface area contributed by atoms with Crippen LogP contribution in [0.2, 0.25) is 0 Å². The molecule has 0 aliphatic heterocycles. The first-order valence-electron chi connectivity index (χ1n) is 12.6. The predicted molar refractivity (Wildman–Crippen MR) is 140 cm³/mol. The van der Waals surface area contributed by atoms with Gasteiger partial charge in [-0.25, -0.2) is 9.97 Å². The molecule has 1 aliphatic rings. The highest BCUT2D eigenvalue weighted by Gasteiger charge is 2.27. The summed E-state index contributed by atoms with van der Waals surface area (Å²) >= 11 is 0. The molecule has 1 aliphatic carbocycles. The van der Waals surface area contributed by atoms with Gasteiger partial charge in [-0.15, -0.1) is 0 Å². The average molecular weight is 461 g/mol. The van der Waals surface area contributed by atoms with E-state index < -0.39 is 0 Å². The highest BCUT2D eigenvalue weighted by molar-refractivity contribution is 5.23. The number of aryl methyl sites for hydroxylation is 1. The Morgan fingerprint density at radius 1 is 1.06 bits per heavy atom. The van der Waals surface area contributed by atoms with E-state index in [0.29, 0.717) is 11.4 Å². The zero-order valence-electron chi connectivity index (χ0n) is 21.6. The molecule has 0 saturated carbocycles. The molecule has 5 heteroatoms. The Morgan fingerprint density at radius 3 is 2.47 bits per heavy atom. The average Bonchev–Trinajstić information content (AvgIpc) is 2.79. The molecule has 0 bridgehead atoms. The lowest BCUT2D eigenvalue weighted by molar-refractivity contribution is 0.354. The number of rotatable bonds is 10. The van der Waals surface area contributed by atoms with Crippen molar-refractivity contribution < 1.29 is 0 Å². The molecule has 5 nitrogen and oxygen atoms in total. The van der Waals surface area contributed by atoms with Crippen molar-refractivity contribution >= 4 is 0 Å². The summed E-state index contributed by atoms with van der Waals surface area (Å²) in [5.41, 5.74) is 7.33. The Bertz CT molecular complexity index is 1110. The van der Waals surface area contributed by atoms with Gasteiger partial charge in [0, 0.05) is 18.5 Å². The van der Waals surface area contributed by atoms with Gasteiger partial charge in [-0.3, -0.25) is 4.79 Å². The Hall–Kier alpha value is -2.82. The SMILES string of the molecule is CC1=C(CC/C(C)=C/CC/C(C)=C/CCc2cnn(-c3ncccn3)c(=O)c2)C(C)(C)CCC1. The Balaban J connectivity index is 1.44. The van der Waals surface area contributed by atoms with Crippen LogP contribution in [0.5, 0.6) is 0 Å². The minimum absolute atomic E-state index is 0.201. The second-order valence-electron chi connectivity index (χ2n) is 10.3. The van der Waals surface area contributed by atoms with Crippen LogP contribution in [0.25, 0.3) is 5.95 Å². The van der Waals surface area contributed by atoms with E-state index in [-0.39, 0.29) is 5.56 Å². The molecular weight excluding hydrogens is 420 g/mol. The predicted octanol–water partition coefficient (Wildman–Crippen LogP) is 6.93. The highest BCUT2D eigenvalue weighted by Crippen LogP contribution is 2.42. The molecule has 2 heterocycles. The third-order valence-electron chi connectivity index (χ3n) is 7.01. The summed E-state index contributed by atoms with van der Waals surface area (Å²) in [4.78, 5) is 20.5. The largest absolute Gasteiger partial charge is 0.274 e. The Kier molecular flexibility index (Phi) is 9.14. The molecule has 0 radical (unpaired) electrons. The van der Waals surface area contributed by atoms with Crippen molar-refractivity contribution in [2.75, 3.05) is 0 Å². The van der Waals surface area contributed by atoms with Gasteiger partial charge in [0.15, 0.2) is 0 Å². The van der Waals surface area contributed by atoms with Gasteiger partial charge in [-0.05, 0) is 95.6 Å². The number of hydrogen-bond acceptors (Lipinski definition) is 4. The van der Waals surface area contributed by atoms with Gasteiger partial charge < -0.3 is 0 Å². The highest BCUT2D eigenvalue weighted by atomic mass is 16.1. The smallest absolute Gasteiger partial charge is 0.267 e. The van der Waals surface area contributed by atoms with E-state index in [4.69, 9.17) is 0 Å². The number of aromatic nitrogens is 4. The zero-order valence-corrected chi connectivity index (χ0v) is 21.6. The second kappa shape index (κ2) is 12.0. The zero-order chi connectivity index (χ0) is 24.6. The summed E-state index contributed by atoms with van der Waals surface area (Å²) in [5, 5.41) is 4.23. The van der Waals surface area contributed by atoms with Crippen molar-refractivity contribution in [2.45, 2.75) is 92.4 Å². The van der Waals surface area contributed by atoms with Crippen LogP contribution in [0.15, 0.2) is 70.0 Å². The number of allylic oxidation sites excluding steroid dienone is 6. The Morgan fingerprint density at radius 2 is 1.76 bits per heavy atom. The number of nitrogens with zero attached hydrogens (tertiary/aromatic N) is 4. The summed E-state index contributed by atoms with van der Waals surface area (Å²) in [6.45, 7) is 11.6. The molecule has 2 aromatic rings. The van der Waals surface area contributed by atoms with E-state index in [0.717, 1.165) is 31.2 Å². The van der Waals surface area contributed by atoms with Gasteiger partial charge in [0.2, 0.25) is 0 Å². The van der Waals surface area contributed by atoms with Gasteiger partial charge in [0.25, 0.3) is 11.5 Å². The maximum absolute atomic E-state index is 12.3. The molecule has 0 atom stereocenters. The Labute approximate surface area is 204 Å². The molecule has 182 valence electrons. The fraction of sp³-hybridized carbons (Fsp3) is 0.517. The van der Waals surface area contributed by atoms with Crippen LogP contribution in [0.1, 0.15) is 91.5 Å². The number of hydrogen-bond donors (Lipinski definition) is 0. The molecule has 2 aromatic heterocycles. The monoisotopic (exact) mass is 460 g/mol. The van der Waals surface area contributed by atoms with Crippen LogP contribution in [-0.4, -0.2) is 19.7 Å². The quantitative estimate of drug-likeness (QED) is 0.361. The summed E-state index contributed by atoms with van der Waals surface area (Å²) in [7, 11) is 0. The first kappa shape index (κ1) is 25.8. The van der Waals surface area contributed by atoms with Crippen molar-refractivity contribution in [1.29, 1.82) is 0 Å². The summed E-state index contributed by atoms with van der Waals surface area (Å²) < 4.78 is 1.23. The molecule has 0 N–H and O–H groups in total. The van der Waals surface area contributed by atoms with E-state index in [1.165, 1.54) is 47.9 Å². The van der Waals surface area contributed by atoms with E-state index in [9.17, 15) is 4.79 Å². The van der Waals surface area contributed by atoms with Crippen LogP contribution in [0.4, 0.5) is 0 Å². The van der Waals surface area contributed by atoms with E-state index in [2.05, 4.69) is 61.8 Å². The molecule has 0 fully saturated rings. The molecule has 34 heavy (non-hydrogen) atoms. The molecule has 0 saturated heterocycles. The van der Waals surface area contributed by atoms with Gasteiger partial charge in [0.1, 0.15) is 0 Å². The summed E-state index contributed by atoms with van der Waals surface area (Å²) in [6, 6.07) is 3.34. The molecule has 0 amide bonds. The normalized spacial score (nSPS) is 16.7. The van der Waals surface area contributed by atoms with Gasteiger partial charge in [0.05, 0.1) is 6.20 Å². The van der Waals surface area contributed by atoms with Gasteiger partial charge in [-0.2, -0.15) is 9.78 Å². The molecule has 0 unspecified atom stereocenters. The molecule has 0 spiro atoms. The van der Waals surface area contributed by atoms with Gasteiger partial charge >= 0.3 is 0 Å². The first-order valence-corrected chi connectivity index (χ1v) is 12.6. The standard InChI is InChI=1S/C29H40N4O/c1-22(10-6-11-23(2)15-16-26-24(3)13-8-17-29(26,4)5)12-7-14-25-20-27(34)33(32-21-25)28-30-18-9-19-31-28/h9,11-12,18-21H,6-8,10,13-17H2,1-5H3/b22-12+,23-11+. The minimum atomic E-state index is -0.201. The third-order valence-corrected chi connectivity index (χ3v) is 7.01. The molecule has 3 rings (SSSR count). The van der Waals surface area contributed by atoms with Crippen molar-refractivity contribution in [2.24, 2.45) is 5.41 Å². The lowest BCUT2D eigenvalue weighted by Gasteiger charge is -2.35. The topological polar surface area (TPSA) is 60.7 Å². The van der Waals surface area contributed by atoms with Gasteiger partial charge in [-0.1, -0.05) is 48.3 Å². The lowest BCUT2D eigenvalue weighted by Crippen LogP contribution is -2.22. The van der Waals surface area contributed by atoms with Crippen molar-refractivity contribution in [1.82, 2.24) is 19.7 Å². The van der Waals surface area contributed by atoms with Crippen molar-refractivity contribution in [3.63, 3.8) is 0 Å². The van der Waals surface area contributed by atoms with Crippen LogP contribution >= 0.6 is 0 Å². The van der Waals surface area contributed by atoms with Crippen LogP contribution in [0, 0.1) is 5.41 Å². The van der Waals surface area contributed by atoms with E-state index >= 15 is 0 Å². The van der Waals surface area contributed by atoms with Crippen molar-refractivity contribution in [3.8, 4) is 5.95 Å². The van der Waals surface area contributed by atoms with Crippen LogP contribution < -0.4 is 5.56 Å². The first-order chi connectivity index (χ1) is 16.3. The van der Waals surface area contributed by atoms with Crippen LogP contribution in [-0.2, 0) is 6.42 Å². The maximum Gasteiger partial charge on any atom is 0.274 e. The molecule has 0 aromatic carbocycles. The second-order valence-corrected chi connectivity index (χ2v) is 10.3. The van der Waals surface area contributed by atoms with E-state index in [1.54, 1.807) is 41.9 Å².